The van der Waals surface area contributed by atoms with Crippen LogP contribution >= 0.6 is 0 Å². The molecule has 21 heavy (non-hydrogen) atoms. The minimum absolute atomic E-state index is 0.122. The lowest BCUT2D eigenvalue weighted by atomic mass is 10.1. The molecular weight excluding hydrogens is 268 g/mol. The number of aryl methyl sites for hydroxylation is 2. The van der Waals surface area contributed by atoms with Gasteiger partial charge in [-0.1, -0.05) is 17.7 Å². The third-order valence-electron chi connectivity index (χ3n) is 3.59. The fourth-order valence-electron chi connectivity index (χ4n) is 2.58. The van der Waals surface area contributed by atoms with E-state index in [1.807, 2.05) is 19.1 Å². The van der Waals surface area contributed by atoms with Gasteiger partial charge in [-0.05, 0) is 24.6 Å². The predicted molar refractivity (Wildman–Crippen MR) is 79.4 cm³/mol. The molecule has 1 aliphatic rings. The van der Waals surface area contributed by atoms with E-state index in [4.69, 9.17) is 15.2 Å². The highest BCUT2D eigenvalue weighted by atomic mass is 16.6. The zero-order valence-corrected chi connectivity index (χ0v) is 12.1. The molecule has 0 amide bonds. The number of rotatable bonds is 3. The smallest absolute Gasteiger partial charge is 0.355 e. The summed E-state index contributed by atoms with van der Waals surface area (Å²) in [6.07, 6.45) is 2.32. The summed E-state index contributed by atoms with van der Waals surface area (Å²) < 4.78 is 12.8. The Hall–Kier alpha value is -2.43. The SMILES string of the molecule is Cc1ccc2c(c1)CC(COC(=O)c1cc(N)cn1C)O2. The van der Waals surface area contributed by atoms with Crippen LogP contribution in [0.4, 0.5) is 5.69 Å². The first-order valence-corrected chi connectivity index (χ1v) is 6.88. The first-order chi connectivity index (χ1) is 10.0. The van der Waals surface area contributed by atoms with Gasteiger partial charge in [-0.3, -0.25) is 0 Å². The number of aromatic nitrogens is 1. The Bertz CT molecular complexity index is 691. The number of nitrogens with zero attached hydrogens (tertiary/aromatic N) is 1. The Balaban J connectivity index is 1.60. The number of hydrogen-bond donors (Lipinski definition) is 1. The number of carbonyl (C=O) groups is 1. The van der Waals surface area contributed by atoms with E-state index in [9.17, 15) is 4.79 Å². The third-order valence-corrected chi connectivity index (χ3v) is 3.59. The first-order valence-electron chi connectivity index (χ1n) is 6.88. The van der Waals surface area contributed by atoms with Gasteiger partial charge in [0, 0.05) is 19.7 Å². The van der Waals surface area contributed by atoms with E-state index in [0.29, 0.717) is 11.4 Å². The van der Waals surface area contributed by atoms with Crippen LogP contribution < -0.4 is 10.5 Å². The number of benzene rings is 1. The minimum Gasteiger partial charge on any atom is -0.486 e. The van der Waals surface area contributed by atoms with E-state index in [2.05, 4.69) is 6.07 Å². The second-order valence-electron chi connectivity index (χ2n) is 5.42. The van der Waals surface area contributed by atoms with Gasteiger partial charge in [-0.2, -0.15) is 0 Å². The Morgan fingerprint density at radius 3 is 3.00 bits per heavy atom. The molecule has 1 atom stereocenters. The molecule has 0 fully saturated rings. The van der Waals surface area contributed by atoms with Crippen molar-refractivity contribution in [1.82, 2.24) is 4.57 Å². The molecular formula is C16H18N2O3. The van der Waals surface area contributed by atoms with Gasteiger partial charge >= 0.3 is 5.97 Å². The highest BCUT2D eigenvalue weighted by Crippen LogP contribution is 2.29. The quantitative estimate of drug-likeness (QED) is 0.877. The van der Waals surface area contributed by atoms with Crippen molar-refractivity contribution >= 4 is 11.7 Å². The van der Waals surface area contributed by atoms with E-state index in [0.717, 1.165) is 12.2 Å². The zero-order chi connectivity index (χ0) is 15.0. The van der Waals surface area contributed by atoms with E-state index in [1.165, 1.54) is 11.1 Å². The van der Waals surface area contributed by atoms with Crippen LogP contribution in [-0.2, 0) is 18.2 Å². The standard InChI is InChI=1S/C16H18N2O3/c1-10-3-4-15-11(5-10)6-13(21-15)9-20-16(19)14-7-12(17)8-18(14)2/h3-5,7-8,13H,6,9,17H2,1-2H3. The topological polar surface area (TPSA) is 66.5 Å². The van der Waals surface area contributed by atoms with Crippen LogP contribution in [0.25, 0.3) is 0 Å². The van der Waals surface area contributed by atoms with Gasteiger partial charge < -0.3 is 19.8 Å². The molecule has 2 heterocycles. The molecule has 5 heteroatoms. The Morgan fingerprint density at radius 2 is 2.29 bits per heavy atom. The number of carbonyl (C=O) groups excluding carboxylic acids is 1. The summed E-state index contributed by atoms with van der Waals surface area (Å²) in [5, 5.41) is 0. The van der Waals surface area contributed by atoms with Crippen LogP contribution in [0.5, 0.6) is 5.75 Å². The lowest BCUT2D eigenvalue weighted by molar-refractivity contribution is 0.0336. The van der Waals surface area contributed by atoms with Crippen molar-refractivity contribution in [2.45, 2.75) is 19.4 Å². The van der Waals surface area contributed by atoms with Crippen LogP contribution in [0.3, 0.4) is 0 Å². The van der Waals surface area contributed by atoms with Crippen LogP contribution in [0.1, 0.15) is 21.6 Å². The summed E-state index contributed by atoms with van der Waals surface area (Å²) in [5.41, 5.74) is 9.01. The molecule has 2 aromatic rings. The summed E-state index contributed by atoms with van der Waals surface area (Å²) in [4.78, 5) is 12.0. The Morgan fingerprint density at radius 1 is 1.48 bits per heavy atom. The highest BCUT2D eigenvalue weighted by molar-refractivity contribution is 5.89. The van der Waals surface area contributed by atoms with Crippen LogP contribution in [0, 0.1) is 6.92 Å². The van der Waals surface area contributed by atoms with Gasteiger partial charge in [0.1, 0.15) is 24.2 Å². The van der Waals surface area contributed by atoms with Crippen molar-refractivity contribution in [2.75, 3.05) is 12.3 Å². The summed E-state index contributed by atoms with van der Waals surface area (Å²) >= 11 is 0. The van der Waals surface area contributed by atoms with E-state index in [-0.39, 0.29) is 18.7 Å². The van der Waals surface area contributed by atoms with Gasteiger partial charge in [0.05, 0.1) is 5.69 Å². The van der Waals surface area contributed by atoms with Crippen molar-refractivity contribution in [3.8, 4) is 5.75 Å². The number of nitrogens with two attached hydrogens (primary N) is 1. The molecule has 0 radical (unpaired) electrons. The summed E-state index contributed by atoms with van der Waals surface area (Å²) in [7, 11) is 1.76. The van der Waals surface area contributed by atoms with Crippen molar-refractivity contribution < 1.29 is 14.3 Å². The average molecular weight is 286 g/mol. The molecule has 3 rings (SSSR count). The Kier molecular flexibility index (Phi) is 3.33. The number of anilines is 1. The molecule has 1 unspecified atom stereocenters. The molecule has 0 bridgehead atoms. The number of hydrogen-bond acceptors (Lipinski definition) is 4. The van der Waals surface area contributed by atoms with Crippen molar-refractivity contribution in [1.29, 1.82) is 0 Å². The molecule has 1 aromatic carbocycles. The van der Waals surface area contributed by atoms with Crippen LogP contribution in [0.15, 0.2) is 30.5 Å². The minimum atomic E-state index is -0.384. The maximum absolute atomic E-state index is 12.0. The van der Waals surface area contributed by atoms with Crippen LogP contribution in [0.2, 0.25) is 0 Å². The predicted octanol–water partition coefficient (Wildman–Crippen LogP) is 2.08. The van der Waals surface area contributed by atoms with E-state index >= 15 is 0 Å². The van der Waals surface area contributed by atoms with Crippen LogP contribution in [-0.4, -0.2) is 23.2 Å². The zero-order valence-electron chi connectivity index (χ0n) is 12.1. The summed E-state index contributed by atoms with van der Waals surface area (Å²) in [5.74, 6) is 0.495. The van der Waals surface area contributed by atoms with E-state index < -0.39 is 0 Å². The fraction of sp³-hybridized carbons (Fsp3) is 0.312. The monoisotopic (exact) mass is 286 g/mol. The molecule has 110 valence electrons. The number of ether oxygens (including phenoxy) is 2. The summed E-state index contributed by atoms with van der Waals surface area (Å²) in [6.45, 7) is 2.28. The molecule has 0 spiro atoms. The largest absolute Gasteiger partial charge is 0.486 e. The second kappa shape index (κ2) is 5.16. The maximum atomic E-state index is 12.0. The van der Waals surface area contributed by atoms with Gasteiger partial charge in [0.2, 0.25) is 0 Å². The maximum Gasteiger partial charge on any atom is 0.355 e. The lowest BCUT2D eigenvalue weighted by Gasteiger charge is -2.11. The Labute approximate surface area is 123 Å². The molecule has 0 saturated heterocycles. The average Bonchev–Trinajstić information content (AvgIpc) is 2.98. The first kappa shape index (κ1) is 13.5. The number of esters is 1. The second-order valence-corrected chi connectivity index (χ2v) is 5.42. The molecule has 1 aliphatic heterocycles. The summed E-state index contributed by atoms with van der Waals surface area (Å²) in [6, 6.07) is 7.69. The number of nitrogen functional groups attached to an aromatic ring is 1. The molecule has 0 saturated carbocycles. The van der Waals surface area contributed by atoms with Gasteiger partial charge in [0.25, 0.3) is 0 Å². The molecule has 1 aromatic heterocycles. The highest BCUT2D eigenvalue weighted by Gasteiger charge is 2.24. The van der Waals surface area contributed by atoms with Crippen molar-refractivity contribution in [3.05, 3.63) is 47.3 Å². The van der Waals surface area contributed by atoms with Gasteiger partial charge in [-0.15, -0.1) is 0 Å². The molecule has 0 aliphatic carbocycles. The fourth-order valence-corrected chi connectivity index (χ4v) is 2.58. The lowest BCUT2D eigenvalue weighted by Crippen LogP contribution is -2.23. The molecule has 2 N–H and O–H groups in total. The van der Waals surface area contributed by atoms with E-state index in [1.54, 1.807) is 23.9 Å². The third kappa shape index (κ3) is 2.72. The molecule has 5 nitrogen and oxygen atoms in total. The van der Waals surface area contributed by atoms with Crippen molar-refractivity contribution in [2.24, 2.45) is 7.05 Å². The van der Waals surface area contributed by atoms with Gasteiger partial charge in [0.15, 0.2) is 0 Å². The number of fused-ring (bicyclic) bond motifs is 1. The normalized spacial score (nSPS) is 16.4. The van der Waals surface area contributed by atoms with Gasteiger partial charge in [-0.25, -0.2) is 4.79 Å². The van der Waals surface area contributed by atoms with Crippen molar-refractivity contribution in [3.63, 3.8) is 0 Å².